The Morgan fingerprint density at radius 1 is 0.328 bits per heavy atom. The van der Waals surface area contributed by atoms with Crippen LogP contribution in [-0.4, -0.2) is 8.07 Å². The summed E-state index contributed by atoms with van der Waals surface area (Å²) in [5.41, 5.74) is 12.0. The highest BCUT2D eigenvalue weighted by molar-refractivity contribution is 7.20. The van der Waals surface area contributed by atoms with Crippen molar-refractivity contribution in [3.63, 3.8) is 0 Å². The second-order valence-electron chi connectivity index (χ2n) is 17.3. The maximum Gasteiger partial charge on any atom is 0.181 e. The summed E-state index contributed by atoms with van der Waals surface area (Å²) in [6, 6.07) is 94.4. The van der Waals surface area contributed by atoms with E-state index in [0.29, 0.717) is 0 Å². The molecular weight excluding hydrogens is 789 g/mol. The smallest absolute Gasteiger partial charge is 0.181 e. The van der Waals surface area contributed by atoms with Gasteiger partial charge < -0.3 is 9.80 Å². The molecule has 10 aromatic rings. The van der Waals surface area contributed by atoms with Gasteiger partial charge in [-0.05, 0) is 109 Å². The molecule has 0 N–H and O–H groups in total. The van der Waals surface area contributed by atoms with Gasteiger partial charge in [0.15, 0.2) is 8.07 Å². The predicted octanol–water partition coefficient (Wildman–Crippen LogP) is 13.5. The lowest BCUT2D eigenvalue weighted by atomic mass is 9.82. The first kappa shape index (κ1) is 39.1. The summed E-state index contributed by atoms with van der Waals surface area (Å²) in [6.45, 7) is 4.73. The summed E-state index contributed by atoms with van der Waals surface area (Å²) in [5.74, 6) is 0. The van der Waals surface area contributed by atoms with Crippen molar-refractivity contribution in [1.82, 2.24) is 0 Å². The highest BCUT2D eigenvalue weighted by Gasteiger charge is 2.44. The van der Waals surface area contributed by atoms with E-state index in [1.807, 2.05) is 0 Å². The molecule has 0 fully saturated rings. The molecule has 0 radical (unpaired) electrons. The summed E-state index contributed by atoms with van der Waals surface area (Å²) >= 11 is 0. The summed E-state index contributed by atoms with van der Waals surface area (Å²) < 4.78 is 0. The molecule has 0 bridgehead atoms. The van der Waals surface area contributed by atoms with Crippen LogP contribution in [0.5, 0.6) is 0 Å². The van der Waals surface area contributed by atoms with E-state index in [1.165, 1.54) is 59.5 Å². The molecular formula is C61H48N2Si. The highest BCUT2D eigenvalue weighted by atomic mass is 28.3. The molecule has 11 rings (SSSR count). The van der Waals surface area contributed by atoms with E-state index in [9.17, 15) is 0 Å². The van der Waals surface area contributed by atoms with E-state index in [4.69, 9.17) is 0 Å². The summed E-state index contributed by atoms with van der Waals surface area (Å²) in [4.78, 5) is 4.97. The lowest BCUT2D eigenvalue weighted by Gasteiger charge is -2.39. The molecule has 0 saturated heterocycles. The molecule has 0 unspecified atom stereocenters. The van der Waals surface area contributed by atoms with Crippen molar-refractivity contribution in [1.29, 1.82) is 0 Å². The normalized spacial score (nSPS) is 12.7. The zero-order valence-electron chi connectivity index (χ0n) is 36.1. The van der Waals surface area contributed by atoms with Gasteiger partial charge in [0, 0.05) is 39.4 Å². The monoisotopic (exact) mass is 836 g/mol. The first-order chi connectivity index (χ1) is 31.5. The zero-order valence-corrected chi connectivity index (χ0v) is 37.1. The topological polar surface area (TPSA) is 6.48 Å². The van der Waals surface area contributed by atoms with Crippen LogP contribution in [0.15, 0.2) is 255 Å². The Balaban J connectivity index is 1.20. The first-order valence-corrected chi connectivity index (χ1v) is 24.3. The van der Waals surface area contributed by atoms with Crippen molar-refractivity contribution < 1.29 is 0 Å². The number of anilines is 6. The SMILES string of the molecule is CC1(C)c2ccccc2-c2c(N(c3ccccc3)c3cccc([Si](c4ccccc4)(c4ccccc4)c4ccccc4N(c4ccccc4)c4ccc5ccccc5c4)c3)cccc21. The average Bonchev–Trinajstić information content (AvgIpc) is 3.60. The summed E-state index contributed by atoms with van der Waals surface area (Å²) in [7, 11) is -3.18. The van der Waals surface area contributed by atoms with Gasteiger partial charge >= 0.3 is 0 Å². The molecule has 0 spiro atoms. The third kappa shape index (κ3) is 6.47. The third-order valence-corrected chi connectivity index (χ3v) is 18.2. The van der Waals surface area contributed by atoms with Gasteiger partial charge in [-0.25, -0.2) is 0 Å². The minimum Gasteiger partial charge on any atom is -0.311 e. The Morgan fingerprint density at radius 2 is 0.797 bits per heavy atom. The standard InChI is InChI=1S/C61H48N2Si/c1-61(2)55-36-18-17-35-54(55)60-56(61)37-22-39-58(60)63(48-27-9-4-10-28-48)49-29-21-34-53(44-49)64(51-30-11-5-12-31-51,52-32-13-6-14-33-52)59-40-20-19-38-57(59)62(47-25-7-3-8-26-47)50-42-41-45-23-15-16-24-46(45)43-50/h3-44H,1-2H3. The van der Waals surface area contributed by atoms with Crippen LogP contribution in [0, 0.1) is 0 Å². The molecule has 10 aromatic carbocycles. The molecule has 1 aliphatic carbocycles. The molecule has 0 amide bonds. The zero-order chi connectivity index (χ0) is 43.1. The second-order valence-corrected chi connectivity index (χ2v) is 21.1. The molecule has 64 heavy (non-hydrogen) atoms. The number of benzene rings is 10. The molecule has 306 valence electrons. The van der Waals surface area contributed by atoms with Crippen LogP contribution in [-0.2, 0) is 5.41 Å². The van der Waals surface area contributed by atoms with Gasteiger partial charge in [0.05, 0.1) is 5.69 Å². The van der Waals surface area contributed by atoms with E-state index in [2.05, 4.69) is 278 Å². The fourth-order valence-corrected chi connectivity index (χ4v) is 15.4. The van der Waals surface area contributed by atoms with E-state index in [0.717, 1.165) is 28.4 Å². The van der Waals surface area contributed by atoms with Crippen LogP contribution in [0.25, 0.3) is 21.9 Å². The molecule has 0 heterocycles. The predicted molar refractivity (Wildman–Crippen MR) is 274 cm³/mol. The molecule has 0 aromatic heterocycles. The summed E-state index contributed by atoms with van der Waals surface area (Å²) in [6.07, 6.45) is 0. The van der Waals surface area contributed by atoms with Crippen LogP contribution in [0.3, 0.4) is 0 Å². The number of nitrogens with zero attached hydrogens (tertiary/aromatic N) is 2. The average molecular weight is 837 g/mol. The lowest BCUT2D eigenvalue weighted by Crippen LogP contribution is -2.75. The van der Waals surface area contributed by atoms with Crippen LogP contribution >= 0.6 is 0 Å². The molecule has 0 saturated carbocycles. The van der Waals surface area contributed by atoms with Crippen molar-refractivity contribution in [3.8, 4) is 11.1 Å². The van der Waals surface area contributed by atoms with Crippen LogP contribution in [0.2, 0.25) is 0 Å². The maximum absolute atomic E-state index is 3.18. The number of hydrogen-bond donors (Lipinski definition) is 0. The quantitative estimate of drug-likeness (QED) is 0.100. The van der Waals surface area contributed by atoms with Gasteiger partial charge in [-0.3, -0.25) is 0 Å². The lowest BCUT2D eigenvalue weighted by molar-refractivity contribution is 0.660. The van der Waals surface area contributed by atoms with Gasteiger partial charge in [-0.1, -0.05) is 208 Å². The Bertz CT molecular complexity index is 3220. The largest absolute Gasteiger partial charge is 0.311 e. The van der Waals surface area contributed by atoms with Gasteiger partial charge in [-0.2, -0.15) is 0 Å². The highest BCUT2D eigenvalue weighted by Crippen LogP contribution is 2.54. The van der Waals surface area contributed by atoms with Crippen LogP contribution in [0.1, 0.15) is 25.0 Å². The van der Waals surface area contributed by atoms with Crippen molar-refractivity contribution in [2.75, 3.05) is 9.80 Å². The number of fused-ring (bicyclic) bond motifs is 4. The number of hydrogen-bond acceptors (Lipinski definition) is 2. The minimum atomic E-state index is -3.18. The minimum absolute atomic E-state index is 0.131. The molecule has 3 heteroatoms. The van der Waals surface area contributed by atoms with Crippen molar-refractivity contribution in [3.05, 3.63) is 266 Å². The molecule has 0 aliphatic heterocycles. The molecule has 1 aliphatic rings. The first-order valence-electron chi connectivity index (χ1n) is 22.3. The van der Waals surface area contributed by atoms with Crippen molar-refractivity contribution >= 4 is 73.7 Å². The molecule has 0 atom stereocenters. The third-order valence-electron chi connectivity index (χ3n) is 13.3. The van der Waals surface area contributed by atoms with E-state index < -0.39 is 8.07 Å². The number of rotatable bonds is 10. The number of para-hydroxylation sites is 3. The van der Waals surface area contributed by atoms with E-state index >= 15 is 0 Å². The van der Waals surface area contributed by atoms with Crippen LogP contribution < -0.4 is 30.5 Å². The van der Waals surface area contributed by atoms with Gasteiger partial charge in [0.2, 0.25) is 0 Å². The van der Waals surface area contributed by atoms with E-state index in [-0.39, 0.29) is 5.41 Å². The fourth-order valence-electron chi connectivity index (χ4n) is 10.5. The van der Waals surface area contributed by atoms with Crippen molar-refractivity contribution in [2.45, 2.75) is 19.3 Å². The Labute approximate surface area is 378 Å². The summed E-state index contributed by atoms with van der Waals surface area (Å²) in [5, 5.41) is 7.68. The van der Waals surface area contributed by atoms with Gasteiger partial charge in [-0.15, -0.1) is 0 Å². The molecule has 2 nitrogen and oxygen atoms in total. The van der Waals surface area contributed by atoms with E-state index in [1.54, 1.807) is 0 Å². The Kier molecular flexibility index (Phi) is 9.91. The fraction of sp³-hybridized carbons (Fsp3) is 0.0492. The Morgan fingerprint density at radius 3 is 1.48 bits per heavy atom. The van der Waals surface area contributed by atoms with Gasteiger partial charge in [0.1, 0.15) is 0 Å². The van der Waals surface area contributed by atoms with Gasteiger partial charge in [0.25, 0.3) is 0 Å². The van der Waals surface area contributed by atoms with Crippen molar-refractivity contribution in [2.24, 2.45) is 0 Å². The second kappa shape index (κ2) is 16.2. The maximum atomic E-state index is 2.50. The Hall–Kier alpha value is -7.72. The van der Waals surface area contributed by atoms with Crippen LogP contribution in [0.4, 0.5) is 34.1 Å².